The highest BCUT2D eigenvalue weighted by Gasteiger charge is 2.14. The van der Waals surface area contributed by atoms with E-state index in [1.807, 2.05) is 0 Å². The Morgan fingerprint density at radius 1 is 0.413 bits per heavy atom. The highest BCUT2D eigenvalue weighted by Crippen LogP contribution is 2.12. The van der Waals surface area contributed by atoms with Crippen LogP contribution in [0, 0.1) is 0 Å². The van der Waals surface area contributed by atoms with Gasteiger partial charge in [-0.3, -0.25) is 9.69 Å². The molecule has 0 aliphatic carbocycles. The summed E-state index contributed by atoms with van der Waals surface area (Å²) in [4.78, 5) is 17.5. The summed E-state index contributed by atoms with van der Waals surface area (Å²) in [5.41, 5.74) is 0. The van der Waals surface area contributed by atoms with E-state index in [1.54, 1.807) is 0 Å². The third-order valence-electron chi connectivity index (χ3n) is 8.87. The van der Waals surface area contributed by atoms with Gasteiger partial charge >= 0.3 is 0 Å². The molecule has 0 unspecified atom stereocenters. The molecule has 0 fully saturated rings. The van der Waals surface area contributed by atoms with Crippen LogP contribution in [0.1, 0.15) is 188 Å². The minimum atomic E-state index is 0.332. The first-order valence-electron chi connectivity index (χ1n) is 20.2. The first-order valence-corrected chi connectivity index (χ1v) is 20.2. The third kappa shape index (κ3) is 33.7. The lowest BCUT2D eigenvalue weighted by Crippen LogP contribution is -2.40. The highest BCUT2D eigenvalue weighted by molar-refractivity contribution is 5.78. The maximum atomic E-state index is 13.1. The van der Waals surface area contributed by atoms with Crippen molar-refractivity contribution in [3.05, 3.63) is 48.6 Å². The Bertz CT molecular complexity index is 737. The molecule has 3 heteroatoms. The van der Waals surface area contributed by atoms with E-state index in [1.165, 1.54) is 135 Å². The summed E-state index contributed by atoms with van der Waals surface area (Å²) in [7, 11) is 2.09. The molecule has 0 saturated heterocycles. The number of hydrogen-bond acceptors (Lipinski definition) is 2. The highest BCUT2D eigenvalue weighted by atomic mass is 16.2. The van der Waals surface area contributed by atoms with Crippen LogP contribution in [0.4, 0.5) is 0 Å². The molecule has 0 rings (SSSR count). The van der Waals surface area contributed by atoms with E-state index < -0.39 is 0 Å². The molecule has 0 radical (unpaired) electrons. The van der Waals surface area contributed by atoms with Crippen molar-refractivity contribution in [1.29, 1.82) is 0 Å². The van der Waals surface area contributed by atoms with Crippen LogP contribution in [-0.2, 0) is 4.79 Å². The maximum absolute atomic E-state index is 13.1. The number of rotatable bonds is 35. The van der Waals surface area contributed by atoms with Crippen LogP contribution in [0.15, 0.2) is 48.6 Å². The molecule has 0 spiro atoms. The summed E-state index contributed by atoms with van der Waals surface area (Å²) >= 11 is 0. The molecular weight excluding hydrogens is 560 g/mol. The normalized spacial score (nSPS) is 12.3. The van der Waals surface area contributed by atoms with Gasteiger partial charge in [-0.05, 0) is 97.1 Å². The number of unbranched alkanes of at least 4 members (excludes halogenated alkanes) is 19. The molecular formula is C43H80N2O. The smallest absolute Gasteiger partial charge is 0.236 e. The molecule has 0 aromatic carbocycles. The average Bonchev–Trinajstić information content (AvgIpc) is 3.05. The standard InChI is InChI=1S/C43H80N2O/c1-5-8-10-12-14-16-18-20-22-24-26-28-30-32-34-36-38-41-45(43(46)42-44(4)39-7-3)40-37-35-33-31-29-27-25-23-21-19-17-15-13-11-9-6-2/h14-17,20-23H,5-13,18-19,24-42H2,1-4H3/b16-14-,17-15-,22-20-,23-21-. The lowest BCUT2D eigenvalue weighted by Gasteiger charge is -2.25. The Balaban J connectivity index is 3.98. The third-order valence-corrected chi connectivity index (χ3v) is 8.87. The van der Waals surface area contributed by atoms with Gasteiger partial charge in [0.1, 0.15) is 0 Å². The minimum absolute atomic E-state index is 0.332. The summed E-state index contributed by atoms with van der Waals surface area (Å²) in [5.74, 6) is 0.332. The van der Waals surface area contributed by atoms with Gasteiger partial charge < -0.3 is 4.90 Å². The molecule has 0 N–H and O–H groups in total. The summed E-state index contributed by atoms with van der Waals surface area (Å²) in [5, 5.41) is 0. The van der Waals surface area contributed by atoms with Crippen molar-refractivity contribution in [2.45, 2.75) is 188 Å². The summed E-state index contributed by atoms with van der Waals surface area (Å²) in [6.07, 6.45) is 51.6. The van der Waals surface area contributed by atoms with Crippen LogP contribution in [0.2, 0.25) is 0 Å². The van der Waals surface area contributed by atoms with Gasteiger partial charge in [0.15, 0.2) is 0 Å². The van der Waals surface area contributed by atoms with Crippen LogP contribution < -0.4 is 0 Å². The van der Waals surface area contributed by atoms with Crippen molar-refractivity contribution in [3.8, 4) is 0 Å². The molecule has 1 amide bonds. The molecule has 0 aliphatic heterocycles. The number of nitrogens with zero attached hydrogens (tertiary/aromatic N) is 2. The van der Waals surface area contributed by atoms with Gasteiger partial charge in [0, 0.05) is 13.1 Å². The topological polar surface area (TPSA) is 23.6 Å². The first-order chi connectivity index (χ1) is 22.7. The number of carbonyl (C=O) groups excluding carboxylic acids is 1. The molecule has 0 saturated carbocycles. The molecule has 0 bridgehead atoms. The second-order valence-electron chi connectivity index (χ2n) is 13.6. The van der Waals surface area contributed by atoms with Gasteiger partial charge in [-0.25, -0.2) is 0 Å². The molecule has 46 heavy (non-hydrogen) atoms. The van der Waals surface area contributed by atoms with Crippen molar-refractivity contribution in [1.82, 2.24) is 9.80 Å². The maximum Gasteiger partial charge on any atom is 0.236 e. The van der Waals surface area contributed by atoms with Gasteiger partial charge in [-0.15, -0.1) is 0 Å². The Hall–Kier alpha value is -1.61. The van der Waals surface area contributed by atoms with Crippen LogP contribution in [0.5, 0.6) is 0 Å². The second kappa shape index (κ2) is 37.8. The van der Waals surface area contributed by atoms with Crippen LogP contribution in [0.25, 0.3) is 0 Å². The lowest BCUT2D eigenvalue weighted by atomic mass is 10.1. The monoisotopic (exact) mass is 641 g/mol. The zero-order chi connectivity index (χ0) is 33.6. The number of carbonyl (C=O) groups is 1. The fraction of sp³-hybridized carbons (Fsp3) is 0.791. The summed E-state index contributed by atoms with van der Waals surface area (Å²) in [6.45, 7) is 10.2. The Morgan fingerprint density at radius 2 is 0.761 bits per heavy atom. The molecule has 0 aromatic rings. The fourth-order valence-corrected chi connectivity index (χ4v) is 5.91. The number of hydrogen-bond donors (Lipinski definition) is 0. The van der Waals surface area contributed by atoms with Gasteiger partial charge in [-0.1, -0.05) is 153 Å². The van der Waals surface area contributed by atoms with Gasteiger partial charge in [-0.2, -0.15) is 0 Å². The minimum Gasteiger partial charge on any atom is -0.342 e. The number of allylic oxidation sites excluding steroid dienone is 8. The summed E-state index contributed by atoms with van der Waals surface area (Å²) in [6, 6.07) is 0. The number of amides is 1. The molecule has 3 nitrogen and oxygen atoms in total. The zero-order valence-electron chi connectivity index (χ0n) is 31.6. The lowest BCUT2D eigenvalue weighted by molar-refractivity contribution is -0.132. The largest absolute Gasteiger partial charge is 0.342 e. The van der Waals surface area contributed by atoms with E-state index in [0.717, 1.165) is 51.7 Å². The second-order valence-corrected chi connectivity index (χ2v) is 13.6. The molecule has 0 atom stereocenters. The quantitative estimate of drug-likeness (QED) is 0.0508. The van der Waals surface area contributed by atoms with Gasteiger partial charge in [0.2, 0.25) is 5.91 Å². The van der Waals surface area contributed by atoms with Crippen LogP contribution >= 0.6 is 0 Å². The van der Waals surface area contributed by atoms with E-state index in [2.05, 4.69) is 86.2 Å². The SMILES string of the molecule is CCCCC/C=C\C/C=C\CCCCCCCCCN(CCCCCCCC/C=C\C/C=C\CCCCC)C(=O)CN(C)CCC. The fourth-order valence-electron chi connectivity index (χ4n) is 5.91. The molecule has 0 heterocycles. The van der Waals surface area contributed by atoms with Crippen LogP contribution in [0.3, 0.4) is 0 Å². The first kappa shape index (κ1) is 44.4. The summed E-state index contributed by atoms with van der Waals surface area (Å²) < 4.78 is 0. The predicted octanol–water partition coefficient (Wildman–Crippen LogP) is 13.2. The Morgan fingerprint density at radius 3 is 1.13 bits per heavy atom. The van der Waals surface area contributed by atoms with Gasteiger partial charge in [0.25, 0.3) is 0 Å². The van der Waals surface area contributed by atoms with E-state index in [-0.39, 0.29) is 0 Å². The predicted molar refractivity (Wildman–Crippen MR) is 208 cm³/mol. The molecule has 0 aliphatic rings. The van der Waals surface area contributed by atoms with Crippen molar-refractivity contribution >= 4 is 5.91 Å². The van der Waals surface area contributed by atoms with Crippen molar-refractivity contribution in [2.75, 3.05) is 33.2 Å². The van der Waals surface area contributed by atoms with Crippen molar-refractivity contribution in [3.63, 3.8) is 0 Å². The van der Waals surface area contributed by atoms with Gasteiger partial charge in [0.05, 0.1) is 6.54 Å². The van der Waals surface area contributed by atoms with E-state index >= 15 is 0 Å². The Kier molecular flexibility index (Phi) is 36.5. The molecule has 268 valence electrons. The van der Waals surface area contributed by atoms with E-state index in [4.69, 9.17) is 0 Å². The zero-order valence-corrected chi connectivity index (χ0v) is 31.6. The molecule has 0 aromatic heterocycles. The van der Waals surface area contributed by atoms with Crippen molar-refractivity contribution < 1.29 is 4.79 Å². The van der Waals surface area contributed by atoms with Crippen LogP contribution in [-0.4, -0.2) is 48.9 Å². The van der Waals surface area contributed by atoms with Crippen molar-refractivity contribution in [2.24, 2.45) is 0 Å². The number of likely N-dealkylation sites (N-methyl/N-ethyl adjacent to an activating group) is 1. The average molecular weight is 641 g/mol. The Labute approximate surface area is 289 Å². The van der Waals surface area contributed by atoms with E-state index in [9.17, 15) is 4.79 Å². The van der Waals surface area contributed by atoms with E-state index in [0.29, 0.717) is 12.5 Å².